The van der Waals surface area contributed by atoms with Gasteiger partial charge in [0.15, 0.2) is 0 Å². The standard InChI is InChI=1S/C5H9N3/c1-5(7)8-4-2-3-6/h2-4H,1,6-7H2/b3-2-,8-4-. The summed E-state index contributed by atoms with van der Waals surface area (Å²) in [4.78, 5) is 3.61. The van der Waals surface area contributed by atoms with Crippen LogP contribution in [0, 0.1) is 0 Å². The van der Waals surface area contributed by atoms with Gasteiger partial charge >= 0.3 is 0 Å². The molecule has 0 rings (SSSR count). The van der Waals surface area contributed by atoms with Gasteiger partial charge in [0.05, 0.1) is 0 Å². The van der Waals surface area contributed by atoms with Crippen molar-refractivity contribution in [3.8, 4) is 0 Å². The monoisotopic (exact) mass is 111 g/mol. The third kappa shape index (κ3) is 4.75. The summed E-state index contributed by atoms with van der Waals surface area (Å²) in [5.41, 5.74) is 10.0. The molecule has 0 bridgehead atoms. The smallest absolute Gasteiger partial charge is 0.115 e. The Hall–Kier alpha value is -1.25. The van der Waals surface area contributed by atoms with Crippen LogP contribution in [-0.2, 0) is 0 Å². The number of nitrogens with two attached hydrogens (primary N) is 2. The third-order valence-corrected chi connectivity index (χ3v) is 0.438. The van der Waals surface area contributed by atoms with Crippen LogP contribution in [0.2, 0.25) is 0 Å². The first-order valence-corrected chi connectivity index (χ1v) is 2.12. The number of rotatable bonds is 2. The molecule has 0 aromatic carbocycles. The Bertz CT molecular complexity index is 124. The highest BCUT2D eigenvalue weighted by molar-refractivity contribution is 5.71. The Kier molecular flexibility index (Phi) is 3.31. The molecule has 0 saturated carbocycles. The predicted octanol–water partition coefficient (Wildman–Crippen LogP) is -0.0405. The molecule has 3 nitrogen and oxygen atoms in total. The quantitative estimate of drug-likeness (QED) is 0.491. The van der Waals surface area contributed by atoms with Crippen molar-refractivity contribution < 1.29 is 0 Å². The van der Waals surface area contributed by atoms with Crippen LogP contribution in [0.4, 0.5) is 0 Å². The minimum absolute atomic E-state index is 0.281. The summed E-state index contributed by atoms with van der Waals surface area (Å²) in [6.45, 7) is 3.33. The molecule has 0 unspecified atom stereocenters. The molecule has 0 aromatic heterocycles. The maximum atomic E-state index is 5.07. The Morgan fingerprint density at radius 2 is 2.25 bits per heavy atom. The van der Waals surface area contributed by atoms with E-state index in [0.29, 0.717) is 0 Å². The van der Waals surface area contributed by atoms with Gasteiger partial charge in [-0.15, -0.1) is 0 Å². The van der Waals surface area contributed by atoms with Crippen molar-refractivity contribution in [1.82, 2.24) is 0 Å². The summed E-state index contributed by atoms with van der Waals surface area (Å²) in [7, 11) is 0. The van der Waals surface area contributed by atoms with E-state index in [1.165, 1.54) is 12.4 Å². The van der Waals surface area contributed by atoms with Gasteiger partial charge in [-0.25, -0.2) is 4.99 Å². The summed E-state index contributed by atoms with van der Waals surface area (Å²) in [5, 5.41) is 0. The zero-order valence-corrected chi connectivity index (χ0v) is 4.54. The fraction of sp³-hybridized carbons (Fsp3) is 0. The summed E-state index contributed by atoms with van der Waals surface area (Å²) >= 11 is 0. The molecule has 3 heteroatoms. The molecule has 0 fully saturated rings. The second kappa shape index (κ2) is 3.92. The van der Waals surface area contributed by atoms with Gasteiger partial charge in [-0.1, -0.05) is 6.58 Å². The topological polar surface area (TPSA) is 64.4 Å². The Morgan fingerprint density at radius 3 is 2.62 bits per heavy atom. The number of nitrogens with zero attached hydrogens (tertiary/aromatic N) is 1. The van der Waals surface area contributed by atoms with E-state index in [2.05, 4.69) is 11.6 Å². The molecule has 0 aliphatic rings. The number of aliphatic imine (C=N–C) groups is 1. The second-order valence-electron chi connectivity index (χ2n) is 1.15. The fourth-order valence-corrected chi connectivity index (χ4v) is 0.188. The van der Waals surface area contributed by atoms with Crippen LogP contribution in [-0.4, -0.2) is 6.21 Å². The van der Waals surface area contributed by atoms with Gasteiger partial charge in [-0.3, -0.25) is 0 Å². The normalized spacial score (nSPS) is 11.0. The van der Waals surface area contributed by atoms with Crippen LogP contribution in [0.5, 0.6) is 0 Å². The molecular weight excluding hydrogens is 102 g/mol. The molecule has 4 N–H and O–H groups in total. The summed E-state index contributed by atoms with van der Waals surface area (Å²) in [6, 6.07) is 0. The van der Waals surface area contributed by atoms with Gasteiger partial charge in [0.2, 0.25) is 0 Å². The van der Waals surface area contributed by atoms with Gasteiger partial charge in [-0.05, 0) is 12.3 Å². The molecule has 0 aliphatic heterocycles. The molecule has 0 radical (unpaired) electrons. The molecule has 0 atom stereocenters. The van der Waals surface area contributed by atoms with Crippen LogP contribution >= 0.6 is 0 Å². The lowest BCUT2D eigenvalue weighted by Gasteiger charge is -1.80. The van der Waals surface area contributed by atoms with E-state index in [0.717, 1.165) is 0 Å². The van der Waals surface area contributed by atoms with Crippen molar-refractivity contribution >= 4 is 6.21 Å². The van der Waals surface area contributed by atoms with Crippen LogP contribution in [0.25, 0.3) is 0 Å². The van der Waals surface area contributed by atoms with Crippen LogP contribution in [0.1, 0.15) is 0 Å². The first-order chi connectivity index (χ1) is 3.77. The first kappa shape index (κ1) is 6.75. The largest absolute Gasteiger partial charge is 0.405 e. The lowest BCUT2D eigenvalue weighted by atomic mass is 10.6. The summed E-state index contributed by atoms with van der Waals surface area (Å²) < 4.78 is 0. The van der Waals surface area contributed by atoms with Gasteiger partial charge in [0.25, 0.3) is 0 Å². The predicted molar refractivity (Wildman–Crippen MR) is 35.1 cm³/mol. The SMILES string of the molecule is C=C(N)/N=C\C=C/N. The third-order valence-electron chi connectivity index (χ3n) is 0.438. The summed E-state index contributed by atoms with van der Waals surface area (Å²) in [6.07, 6.45) is 4.41. The van der Waals surface area contributed by atoms with Gasteiger partial charge in [0.1, 0.15) is 5.82 Å². The number of hydrogen-bond acceptors (Lipinski definition) is 3. The maximum Gasteiger partial charge on any atom is 0.115 e. The highest BCUT2D eigenvalue weighted by Gasteiger charge is 1.66. The Morgan fingerprint density at radius 1 is 1.62 bits per heavy atom. The summed E-state index contributed by atoms with van der Waals surface area (Å²) in [5.74, 6) is 0.281. The van der Waals surface area contributed by atoms with Crippen LogP contribution in [0.3, 0.4) is 0 Å². The van der Waals surface area contributed by atoms with E-state index in [1.54, 1.807) is 6.08 Å². The average molecular weight is 111 g/mol. The molecule has 0 aromatic rings. The molecular formula is C5H9N3. The van der Waals surface area contributed by atoms with Crippen molar-refractivity contribution in [2.45, 2.75) is 0 Å². The molecule has 0 spiro atoms. The first-order valence-electron chi connectivity index (χ1n) is 2.12. The lowest BCUT2D eigenvalue weighted by Crippen LogP contribution is -1.89. The number of allylic oxidation sites excluding steroid dienone is 1. The van der Waals surface area contributed by atoms with Gasteiger partial charge in [0, 0.05) is 6.21 Å². The van der Waals surface area contributed by atoms with E-state index >= 15 is 0 Å². The zero-order chi connectivity index (χ0) is 6.41. The van der Waals surface area contributed by atoms with E-state index in [9.17, 15) is 0 Å². The van der Waals surface area contributed by atoms with Crippen LogP contribution in [0.15, 0.2) is 29.7 Å². The Balaban J connectivity index is 3.50. The number of hydrogen-bond donors (Lipinski definition) is 2. The molecule has 0 aliphatic carbocycles. The van der Waals surface area contributed by atoms with Crippen molar-refractivity contribution in [2.75, 3.05) is 0 Å². The zero-order valence-electron chi connectivity index (χ0n) is 4.54. The van der Waals surface area contributed by atoms with Gasteiger partial charge < -0.3 is 11.5 Å². The second-order valence-corrected chi connectivity index (χ2v) is 1.15. The van der Waals surface area contributed by atoms with Crippen LogP contribution < -0.4 is 11.5 Å². The molecule has 0 amide bonds. The molecule has 0 saturated heterocycles. The lowest BCUT2D eigenvalue weighted by molar-refractivity contribution is 1.28. The maximum absolute atomic E-state index is 5.07. The van der Waals surface area contributed by atoms with Crippen molar-refractivity contribution in [1.29, 1.82) is 0 Å². The van der Waals surface area contributed by atoms with E-state index in [1.807, 2.05) is 0 Å². The molecule has 0 heterocycles. The van der Waals surface area contributed by atoms with Gasteiger partial charge in [-0.2, -0.15) is 0 Å². The van der Waals surface area contributed by atoms with E-state index in [-0.39, 0.29) is 5.82 Å². The minimum atomic E-state index is 0.281. The highest BCUT2D eigenvalue weighted by Crippen LogP contribution is 1.74. The highest BCUT2D eigenvalue weighted by atomic mass is 14.9. The van der Waals surface area contributed by atoms with E-state index < -0.39 is 0 Å². The Labute approximate surface area is 48.4 Å². The molecule has 8 heavy (non-hydrogen) atoms. The minimum Gasteiger partial charge on any atom is -0.405 e. The van der Waals surface area contributed by atoms with Crippen molar-refractivity contribution in [3.05, 3.63) is 24.7 Å². The average Bonchev–Trinajstić information content (AvgIpc) is 1.66. The molecule has 44 valence electrons. The van der Waals surface area contributed by atoms with Crippen molar-refractivity contribution in [2.24, 2.45) is 16.5 Å². The fourth-order valence-electron chi connectivity index (χ4n) is 0.188. The van der Waals surface area contributed by atoms with E-state index in [4.69, 9.17) is 11.5 Å². The van der Waals surface area contributed by atoms with Crippen molar-refractivity contribution in [3.63, 3.8) is 0 Å².